The first-order valence-electron chi connectivity index (χ1n) is 9.44. The van der Waals surface area contributed by atoms with E-state index in [0.717, 1.165) is 8.08 Å². The van der Waals surface area contributed by atoms with Crippen molar-refractivity contribution in [3.63, 3.8) is 0 Å². The molecule has 4 rings (SSSR count). The van der Waals surface area contributed by atoms with E-state index >= 15 is 0 Å². The number of sulfonamides is 1. The van der Waals surface area contributed by atoms with Gasteiger partial charge in [0.15, 0.2) is 0 Å². The van der Waals surface area contributed by atoms with Gasteiger partial charge in [0, 0.05) is 0 Å². The van der Waals surface area contributed by atoms with Gasteiger partial charge in [-0.15, -0.1) is 0 Å². The van der Waals surface area contributed by atoms with Crippen LogP contribution in [0.1, 0.15) is 32.6 Å². The molecule has 0 aliphatic carbocycles. The first-order valence-corrected chi connectivity index (χ1v) is 14.0. The van der Waals surface area contributed by atoms with E-state index in [2.05, 4.69) is 9.85 Å². The summed E-state index contributed by atoms with van der Waals surface area (Å²) >= 11 is -2.97. The molecule has 3 aromatic rings. The molecule has 158 valence electrons. The van der Waals surface area contributed by atoms with E-state index in [-0.39, 0.29) is 10.7 Å². The van der Waals surface area contributed by atoms with Crippen molar-refractivity contribution in [3.8, 4) is 9.85 Å². The zero-order valence-electron chi connectivity index (χ0n) is 17.1. The van der Waals surface area contributed by atoms with Crippen LogP contribution < -0.4 is 0 Å². The summed E-state index contributed by atoms with van der Waals surface area (Å²) in [5.41, 5.74) is 3.10. The predicted molar refractivity (Wildman–Crippen MR) is 126 cm³/mol. The van der Waals surface area contributed by atoms with E-state index in [0.29, 0.717) is 25.8 Å². The summed E-state index contributed by atoms with van der Waals surface area (Å²) in [6.45, 7) is 5.38. The van der Waals surface area contributed by atoms with Crippen molar-refractivity contribution >= 4 is 36.0 Å². The Morgan fingerprint density at radius 1 is 0.935 bits per heavy atom. The van der Waals surface area contributed by atoms with E-state index in [1.807, 2.05) is 6.92 Å². The summed E-state index contributed by atoms with van der Waals surface area (Å²) in [4.78, 5) is 13.4. The number of amides is 1. The van der Waals surface area contributed by atoms with Crippen LogP contribution in [0.2, 0.25) is 0 Å². The summed E-state index contributed by atoms with van der Waals surface area (Å²) in [7, 11) is -4.10. The molecule has 1 amide bonds. The number of hydrogen-bond acceptors (Lipinski definition) is 3. The standard InChI is InChI=1S/C24H19FINO3S/c1-16-14-17(2)23(18(3)15-16)31(29,30)27-24(28)21-6-4-5-7-22(21)26(27)13-12-19-8-10-20(25)11-9-19/h4-11,14-15H,1-3H3. The van der Waals surface area contributed by atoms with E-state index in [1.54, 1.807) is 50.2 Å². The Balaban J connectivity index is 1.88. The van der Waals surface area contributed by atoms with E-state index in [1.165, 1.54) is 24.3 Å². The number of benzene rings is 3. The fraction of sp³-hybridized carbons (Fsp3) is 0.125. The Morgan fingerprint density at radius 3 is 2.19 bits per heavy atom. The summed E-state index contributed by atoms with van der Waals surface area (Å²) in [6.07, 6.45) is 0. The van der Waals surface area contributed by atoms with Gasteiger partial charge in [-0.2, -0.15) is 0 Å². The third-order valence-electron chi connectivity index (χ3n) is 4.81. The van der Waals surface area contributed by atoms with E-state index in [4.69, 9.17) is 0 Å². The molecule has 0 atom stereocenters. The van der Waals surface area contributed by atoms with Crippen molar-refractivity contribution in [2.75, 3.05) is 0 Å². The summed E-state index contributed by atoms with van der Waals surface area (Å²) in [5, 5.41) is 0. The molecule has 3 aromatic carbocycles. The Morgan fingerprint density at radius 2 is 1.55 bits per heavy atom. The molecule has 0 spiro atoms. The molecule has 1 aliphatic heterocycles. The Hall–Kier alpha value is -2.70. The van der Waals surface area contributed by atoms with Crippen molar-refractivity contribution in [1.82, 2.24) is 2.52 Å². The number of aryl methyl sites for hydroxylation is 3. The summed E-state index contributed by atoms with van der Waals surface area (Å²) in [6, 6.07) is 16.2. The number of carbonyl (C=O) groups is 1. The molecular formula is C24H19FINO3S. The minimum atomic E-state index is -4.10. The van der Waals surface area contributed by atoms with Crippen LogP contribution in [0.15, 0.2) is 65.6 Å². The quantitative estimate of drug-likeness (QED) is 0.252. The monoisotopic (exact) mass is 547 g/mol. The van der Waals surface area contributed by atoms with Gasteiger partial charge in [-0.05, 0) is 0 Å². The van der Waals surface area contributed by atoms with Crippen molar-refractivity contribution in [1.29, 1.82) is 0 Å². The molecule has 4 nitrogen and oxygen atoms in total. The fourth-order valence-corrected chi connectivity index (χ4v) is 11.8. The number of halogens is 2. The van der Waals surface area contributed by atoms with Gasteiger partial charge in [0.1, 0.15) is 0 Å². The maximum absolute atomic E-state index is 13.8. The topological polar surface area (TPSA) is 54.5 Å². The predicted octanol–water partition coefficient (Wildman–Crippen LogP) is 5.20. The first kappa shape index (κ1) is 21.5. The number of fused-ring (bicyclic) bond motifs is 1. The Labute approximate surface area is 188 Å². The van der Waals surface area contributed by atoms with Gasteiger partial charge in [0.25, 0.3) is 0 Å². The molecule has 1 heterocycles. The van der Waals surface area contributed by atoms with Gasteiger partial charge in [0.2, 0.25) is 0 Å². The van der Waals surface area contributed by atoms with Crippen LogP contribution in [-0.2, 0) is 10.0 Å². The molecule has 0 unspecified atom stereocenters. The van der Waals surface area contributed by atoms with Crippen LogP contribution in [0.3, 0.4) is 0 Å². The molecule has 0 saturated heterocycles. The second-order valence-electron chi connectivity index (χ2n) is 7.22. The molecule has 0 radical (unpaired) electrons. The SMILES string of the molecule is Cc1cc(C)c(S(=O)(=O)N2C(=O)c3ccccc3I2C#Cc2ccc(F)cc2)c(C)c1. The first-order chi connectivity index (χ1) is 14.7. The van der Waals surface area contributed by atoms with Gasteiger partial charge in [-0.1, -0.05) is 0 Å². The van der Waals surface area contributed by atoms with Gasteiger partial charge in [-0.3, -0.25) is 0 Å². The van der Waals surface area contributed by atoms with Crippen LogP contribution in [0, 0.1) is 40.0 Å². The molecule has 0 fully saturated rings. The molecule has 7 heteroatoms. The van der Waals surface area contributed by atoms with Crippen LogP contribution in [0.25, 0.3) is 0 Å². The van der Waals surface area contributed by atoms with Crippen molar-refractivity contribution in [3.05, 3.63) is 97.9 Å². The second kappa shape index (κ2) is 8.09. The summed E-state index contributed by atoms with van der Waals surface area (Å²) in [5.74, 6) is 2.05. The zero-order valence-corrected chi connectivity index (χ0v) is 20.1. The summed E-state index contributed by atoms with van der Waals surface area (Å²) < 4.78 is 45.5. The van der Waals surface area contributed by atoms with Crippen LogP contribution in [-0.4, -0.2) is 16.8 Å². The minimum absolute atomic E-state index is 0.158. The third-order valence-corrected chi connectivity index (χ3v) is 13.2. The molecule has 0 saturated carbocycles. The second-order valence-corrected chi connectivity index (χ2v) is 13.8. The number of hydrogen-bond donors (Lipinski definition) is 0. The number of carbonyl (C=O) groups excluding carboxylic acids is 1. The van der Waals surface area contributed by atoms with E-state index in [9.17, 15) is 17.6 Å². The van der Waals surface area contributed by atoms with Gasteiger partial charge < -0.3 is 0 Å². The van der Waals surface area contributed by atoms with E-state index < -0.39 is 36.0 Å². The third kappa shape index (κ3) is 3.86. The van der Waals surface area contributed by atoms with Crippen molar-refractivity contribution < 1.29 is 17.6 Å². The maximum atomic E-state index is 13.8. The van der Waals surface area contributed by atoms with Crippen LogP contribution in [0.4, 0.5) is 4.39 Å². The Bertz CT molecular complexity index is 1350. The fourth-order valence-electron chi connectivity index (χ4n) is 3.62. The van der Waals surface area contributed by atoms with Crippen molar-refractivity contribution in [2.24, 2.45) is 0 Å². The van der Waals surface area contributed by atoms with Gasteiger partial charge in [-0.25, -0.2) is 0 Å². The van der Waals surface area contributed by atoms with Crippen molar-refractivity contribution in [2.45, 2.75) is 25.7 Å². The molecule has 31 heavy (non-hydrogen) atoms. The normalized spacial score (nSPS) is 14.3. The average molecular weight is 547 g/mol. The Kier molecular flexibility index (Phi) is 5.62. The van der Waals surface area contributed by atoms with Crippen LogP contribution in [0.5, 0.6) is 0 Å². The molecule has 0 N–H and O–H groups in total. The molecule has 0 aromatic heterocycles. The number of rotatable bonds is 2. The number of nitrogens with zero attached hydrogens (tertiary/aromatic N) is 1. The van der Waals surface area contributed by atoms with Crippen LogP contribution >= 0.6 is 20.1 Å². The van der Waals surface area contributed by atoms with Gasteiger partial charge in [0.05, 0.1) is 0 Å². The van der Waals surface area contributed by atoms with Gasteiger partial charge >= 0.3 is 190 Å². The molecule has 1 aliphatic rings. The molecular weight excluding hydrogens is 528 g/mol. The zero-order chi connectivity index (χ0) is 22.3. The average Bonchev–Trinajstić information content (AvgIpc) is 2.99. The molecule has 0 bridgehead atoms.